The van der Waals surface area contributed by atoms with Crippen LogP contribution in [0.3, 0.4) is 0 Å². The number of carbonyl (C=O) groups excluding carboxylic acids is 1. The Balaban J connectivity index is 1.57. The quantitative estimate of drug-likeness (QED) is 0.792. The molecule has 98 valence electrons. The Morgan fingerprint density at radius 3 is 2.89 bits per heavy atom. The molecule has 0 radical (unpaired) electrons. The van der Waals surface area contributed by atoms with Gasteiger partial charge in [0, 0.05) is 0 Å². The normalized spacial score (nSPS) is 16.9. The lowest BCUT2D eigenvalue weighted by Crippen LogP contribution is -2.34. The molecule has 1 unspecified atom stereocenters. The Morgan fingerprint density at radius 1 is 1.26 bits per heavy atom. The molecule has 0 saturated carbocycles. The van der Waals surface area contributed by atoms with Crippen LogP contribution in [0.2, 0.25) is 0 Å². The first kappa shape index (κ1) is 11.6. The van der Waals surface area contributed by atoms with Gasteiger partial charge >= 0.3 is 5.97 Å². The number of carbonyl (C=O) groups is 1. The number of furan rings is 1. The molecule has 5 heteroatoms. The van der Waals surface area contributed by atoms with Crippen molar-refractivity contribution in [3.05, 3.63) is 48.4 Å². The van der Waals surface area contributed by atoms with Crippen molar-refractivity contribution in [2.75, 3.05) is 13.2 Å². The molecule has 1 atom stereocenters. The van der Waals surface area contributed by atoms with Crippen molar-refractivity contribution in [1.82, 2.24) is 0 Å². The minimum Gasteiger partial charge on any atom is -0.486 e. The molecule has 5 nitrogen and oxygen atoms in total. The van der Waals surface area contributed by atoms with Gasteiger partial charge in [0.05, 0.1) is 11.8 Å². The minimum atomic E-state index is -0.434. The maximum absolute atomic E-state index is 11.6. The van der Waals surface area contributed by atoms with Crippen molar-refractivity contribution in [2.24, 2.45) is 0 Å². The second-order valence-corrected chi connectivity index (χ2v) is 4.11. The van der Waals surface area contributed by atoms with E-state index in [1.165, 1.54) is 12.5 Å². The number of fused-ring (bicyclic) bond motifs is 1. The van der Waals surface area contributed by atoms with Gasteiger partial charge in [-0.3, -0.25) is 0 Å². The molecule has 2 heterocycles. The van der Waals surface area contributed by atoms with Crippen LogP contribution in [0.5, 0.6) is 11.5 Å². The summed E-state index contributed by atoms with van der Waals surface area (Å²) in [6.07, 6.45) is 2.47. The van der Waals surface area contributed by atoms with Crippen molar-refractivity contribution < 1.29 is 23.4 Å². The summed E-state index contributed by atoms with van der Waals surface area (Å²) in [5.74, 6) is 0.939. The lowest BCUT2D eigenvalue weighted by molar-refractivity contribution is 0.0109. The predicted octanol–water partition coefficient (Wildman–Crippen LogP) is 2.28. The van der Waals surface area contributed by atoms with Gasteiger partial charge in [-0.2, -0.15) is 0 Å². The Morgan fingerprint density at radius 2 is 2.11 bits per heavy atom. The van der Waals surface area contributed by atoms with Crippen LogP contribution in [-0.2, 0) is 4.74 Å². The first-order valence-corrected chi connectivity index (χ1v) is 5.91. The van der Waals surface area contributed by atoms with Crippen LogP contribution in [0.25, 0.3) is 0 Å². The van der Waals surface area contributed by atoms with Crippen LogP contribution >= 0.6 is 0 Å². The van der Waals surface area contributed by atoms with E-state index >= 15 is 0 Å². The summed E-state index contributed by atoms with van der Waals surface area (Å²) in [5, 5.41) is 0. The van der Waals surface area contributed by atoms with Crippen LogP contribution < -0.4 is 9.47 Å². The highest BCUT2D eigenvalue weighted by Gasteiger charge is 2.22. The first-order chi connectivity index (χ1) is 9.33. The Hall–Kier alpha value is -2.43. The van der Waals surface area contributed by atoms with Crippen LogP contribution in [-0.4, -0.2) is 25.3 Å². The van der Waals surface area contributed by atoms with Gasteiger partial charge in [0.1, 0.15) is 19.5 Å². The molecule has 1 aromatic carbocycles. The van der Waals surface area contributed by atoms with E-state index in [0.717, 1.165) is 0 Å². The fourth-order valence-electron chi connectivity index (χ4n) is 1.78. The van der Waals surface area contributed by atoms with Crippen molar-refractivity contribution in [2.45, 2.75) is 6.10 Å². The molecule has 0 N–H and O–H groups in total. The number of ether oxygens (including phenoxy) is 3. The third-order valence-electron chi connectivity index (χ3n) is 2.72. The largest absolute Gasteiger partial charge is 0.486 e. The number of esters is 1. The molecular formula is C14H12O5. The third-order valence-corrected chi connectivity index (χ3v) is 2.72. The van der Waals surface area contributed by atoms with Crippen LogP contribution in [0.15, 0.2) is 47.3 Å². The maximum Gasteiger partial charge on any atom is 0.341 e. The van der Waals surface area contributed by atoms with E-state index in [2.05, 4.69) is 0 Å². The van der Waals surface area contributed by atoms with Crippen LogP contribution in [0.1, 0.15) is 10.4 Å². The van der Waals surface area contributed by atoms with Crippen LogP contribution in [0, 0.1) is 0 Å². The highest BCUT2D eigenvalue weighted by Crippen LogP contribution is 2.30. The van der Waals surface area contributed by atoms with E-state index in [4.69, 9.17) is 18.6 Å². The fourth-order valence-corrected chi connectivity index (χ4v) is 1.78. The Bertz CT molecular complexity index is 561. The number of benzene rings is 1. The van der Waals surface area contributed by atoms with E-state index in [1.807, 2.05) is 24.3 Å². The highest BCUT2D eigenvalue weighted by atomic mass is 16.6. The maximum atomic E-state index is 11.6. The second kappa shape index (κ2) is 5.06. The van der Waals surface area contributed by atoms with E-state index in [0.29, 0.717) is 23.7 Å². The van der Waals surface area contributed by atoms with Gasteiger partial charge in [-0.1, -0.05) is 12.1 Å². The molecule has 19 heavy (non-hydrogen) atoms. The molecule has 3 rings (SSSR count). The van der Waals surface area contributed by atoms with E-state index in [9.17, 15) is 4.79 Å². The number of hydrogen-bond acceptors (Lipinski definition) is 5. The van der Waals surface area contributed by atoms with Gasteiger partial charge in [-0.25, -0.2) is 4.79 Å². The molecule has 0 amide bonds. The standard InChI is InChI=1S/C14H12O5/c15-14(10-5-6-16-7-10)18-9-11-8-17-12-3-1-2-4-13(12)19-11/h1-7,11H,8-9H2. The van der Waals surface area contributed by atoms with Gasteiger partial charge in [0.15, 0.2) is 17.6 Å². The van der Waals surface area contributed by atoms with Gasteiger partial charge in [0.25, 0.3) is 0 Å². The highest BCUT2D eigenvalue weighted by molar-refractivity contribution is 5.88. The molecule has 1 aliphatic heterocycles. The lowest BCUT2D eigenvalue weighted by atomic mass is 10.2. The molecule has 0 spiro atoms. The zero-order valence-corrected chi connectivity index (χ0v) is 10.1. The summed E-state index contributed by atoms with van der Waals surface area (Å²) in [6, 6.07) is 8.95. The average molecular weight is 260 g/mol. The SMILES string of the molecule is O=C(OCC1COc2ccccc2O1)c1ccoc1. The molecule has 2 aromatic rings. The molecule has 0 bridgehead atoms. The monoisotopic (exact) mass is 260 g/mol. The van der Waals surface area contributed by atoms with Gasteiger partial charge in [0.2, 0.25) is 0 Å². The Labute approximate surface area is 109 Å². The number of para-hydroxylation sites is 2. The summed E-state index contributed by atoms with van der Waals surface area (Å²) in [5.41, 5.74) is 0.386. The summed E-state index contributed by atoms with van der Waals surface area (Å²) in [6.45, 7) is 0.494. The second-order valence-electron chi connectivity index (χ2n) is 4.11. The first-order valence-electron chi connectivity index (χ1n) is 5.91. The van der Waals surface area contributed by atoms with Gasteiger partial charge in [-0.15, -0.1) is 0 Å². The topological polar surface area (TPSA) is 57.9 Å². The number of rotatable bonds is 3. The predicted molar refractivity (Wildman–Crippen MR) is 65.3 cm³/mol. The summed E-state index contributed by atoms with van der Waals surface area (Å²) in [4.78, 5) is 11.6. The molecule has 0 fully saturated rings. The zero-order chi connectivity index (χ0) is 13.1. The molecule has 1 aliphatic rings. The van der Waals surface area contributed by atoms with Crippen molar-refractivity contribution in [1.29, 1.82) is 0 Å². The fraction of sp³-hybridized carbons (Fsp3) is 0.214. The molecule has 0 aliphatic carbocycles. The van der Waals surface area contributed by atoms with Crippen molar-refractivity contribution in [3.8, 4) is 11.5 Å². The average Bonchev–Trinajstić information content (AvgIpc) is 2.99. The van der Waals surface area contributed by atoms with Gasteiger partial charge < -0.3 is 18.6 Å². The summed E-state index contributed by atoms with van der Waals surface area (Å²) in [7, 11) is 0. The van der Waals surface area contributed by atoms with Crippen molar-refractivity contribution in [3.63, 3.8) is 0 Å². The number of hydrogen-bond donors (Lipinski definition) is 0. The molecular weight excluding hydrogens is 248 g/mol. The van der Waals surface area contributed by atoms with Crippen molar-refractivity contribution >= 4 is 5.97 Å². The Kier molecular flexibility index (Phi) is 3.10. The van der Waals surface area contributed by atoms with E-state index in [-0.39, 0.29) is 12.7 Å². The van der Waals surface area contributed by atoms with E-state index in [1.54, 1.807) is 6.07 Å². The van der Waals surface area contributed by atoms with E-state index < -0.39 is 5.97 Å². The van der Waals surface area contributed by atoms with Gasteiger partial charge in [-0.05, 0) is 18.2 Å². The molecule has 0 saturated heterocycles. The van der Waals surface area contributed by atoms with Crippen LogP contribution in [0.4, 0.5) is 0 Å². The third kappa shape index (κ3) is 2.54. The minimum absolute atomic E-state index is 0.137. The smallest absolute Gasteiger partial charge is 0.341 e. The summed E-state index contributed by atoms with van der Waals surface area (Å²) >= 11 is 0. The lowest BCUT2D eigenvalue weighted by Gasteiger charge is -2.25. The summed E-state index contributed by atoms with van der Waals surface area (Å²) < 4.78 is 21.2. The zero-order valence-electron chi connectivity index (χ0n) is 10.1. The molecule has 1 aromatic heterocycles.